The van der Waals surface area contributed by atoms with Gasteiger partial charge >= 0.3 is 5.69 Å². The summed E-state index contributed by atoms with van der Waals surface area (Å²) in [6.07, 6.45) is 3.29. The van der Waals surface area contributed by atoms with Gasteiger partial charge in [0.15, 0.2) is 0 Å². The van der Waals surface area contributed by atoms with Crippen molar-refractivity contribution in [2.45, 2.75) is 59.4 Å². The van der Waals surface area contributed by atoms with Crippen molar-refractivity contribution in [1.29, 1.82) is 0 Å². The van der Waals surface area contributed by atoms with Crippen LogP contribution in [0.3, 0.4) is 0 Å². The summed E-state index contributed by atoms with van der Waals surface area (Å²) < 4.78 is 1.29. The second-order valence-electron chi connectivity index (χ2n) is 5.46. The highest BCUT2D eigenvalue weighted by Crippen LogP contribution is 2.21. The molecule has 0 aromatic carbocycles. The lowest BCUT2D eigenvalue weighted by atomic mass is 10.0. The minimum absolute atomic E-state index is 0.117. The largest absolute Gasteiger partial charge is 0.494 e. The van der Waals surface area contributed by atoms with Gasteiger partial charge in [-0.3, -0.25) is 14.3 Å². The van der Waals surface area contributed by atoms with Gasteiger partial charge in [0.25, 0.3) is 5.56 Å². The predicted octanol–water partition coefficient (Wildman–Crippen LogP) is 2.19. The molecule has 1 aromatic heterocycles. The van der Waals surface area contributed by atoms with E-state index in [0.29, 0.717) is 12.3 Å². The number of H-pyrrole nitrogens is 1. The molecule has 1 unspecified atom stereocenters. The van der Waals surface area contributed by atoms with E-state index in [1.165, 1.54) is 4.57 Å². The minimum atomic E-state index is -0.531. The summed E-state index contributed by atoms with van der Waals surface area (Å²) in [7, 11) is 0. The molecule has 1 atom stereocenters. The summed E-state index contributed by atoms with van der Waals surface area (Å²) in [4.78, 5) is 25.6. The summed E-state index contributed by atoms with van der Waals surface area (Å²) in [5.74, 6) is 0.438. The third-order valence-electron chi connectivity index (χ3n) is 3.41. The standard InChI is InChI=1S/C14H24N2O3/c1-5-11-12(17)15-14(19)16(13(11)18)10(4)8-6-7-9(2)3/h9-10,18H,5-8H2,1-4H3,(H,15,17,19). The van der Waals surface area contributed by atoms with Crippen LogP contribution in [0.4, 0.5) is 0 Å². The highest BCUT2D eigenvalue weighted by molar-refractivity contribution is 5.22. The summed E-state index contributed by atoms with van der Waals surface area (Å²) >= 11 is 0. The average Bonchev–Trinajstić information content (AvgIpc) is 2.28. The van der Waals surface area contributed by atoms with Crippen molar-refractivity contribution in [2.75, 3.05) is 0 Å². The number of nitrogens with zero attached hydrogens (tertiary/aromatic N) is 1. The Labute approximate surface area is 113 Å². The van der Waals surface area contributed by atoms with Crippen LogP contribution >= 0.6 is 0 Å². The smallest absolute Gasteiger partial charge is 0.331 e. The Kier molecular flexibility index (Phi) is 5.39. The first-order chi connectivity index (χ1) is 8.88. The van der Waals surface area contributed by atoms with Crippen LogP contribution in [0.25, 0.3) is 0 Å². The van der Waals surface area contributed by atoms with Gasteiger partial charge in [0.05, 0.1) is 5.56 Å². The Bertz CT molecular complexity index is 528. The lowest BCUT2D eigenvalue weighted by Crippen LogP contribution is -2.33. The summed E-state index contributed by atoms with van der Waals surface area (Å²) in [5.41, 5.74) is -0.748. The second kappa shape index (κ2) is 6.59. The fraction of sp³-hybridized carbons (Fsp3) is 0.714. The Morgan fingerprint density at radius 2 is 1.84 bits per heavy atom. The summed E-state index contributed by atoms with van der Waals surface area (Å²) in [6.45, 7) is 7.98. The fourth-order valence-corrected chi connectivity index (χ4v) is 2.25. The lowest BCUT2D eigenvalue weighted by Gasteiger charge is -2.18. The Morgan fingerprint density at radius 3 is 2.37 bits per heavy atom. The number of aromatic nitrogens is 2. The van der Waals surface area contributed by atoms with E-state index >= 15 is 0 Å². The van der Waals surface area contributed by atoms with E-state index in [-0.39, 0.29) is 17.5 Å². The van der Waals surface area contributed by atoms with Crippen molar-refractivity contribution in [3.63, 3.8) is 0 Å². The first-order valence-electron chi connectivity index (χ1n) is 6.95. The number of nitrogens with one attached hydrogen (secondary N) is 1. The normalized spacial score (nSPS) is 12.9. The third kappa shape index (κ3) is 3.72. The molecule has 108 valence electrons. The van der Waals surface area contributed by atoms with E-state index in [9.17, 15) is 14.7 Å². The van der Waals surface area contributed by atoms with Gasteiger partial charge in [-0.05, 0) is 25.7 Å². The maximum absolute atomic E-state index is 11.8. The van der Waals surface area contributed by atoms with Gasteiger partial charge in [0, 0.05) is 6.04 Å². The maximum atomic E-state index is 11.8. The molecular formula is C14H24N2O3. The van der Waals surface area contributed by atoms with E-state index in [1.807, 2.05) is 6.92 Å². The molecule has 0 saturated heterocycles. The predicted molar refractivity (Wildman–Crippen MR) is 75.8 cm³/mol. The van der Waals surface area contributed by atoms with E-state index in [4.69, 9.17) is 0 Å². The molecule has 1 rings (SSSR count). The van der Waals surface area contributed by atoms with Crippen molar-refractivity contribution in [3.05, 3.63) is 26.4 Å². The number of aromatic amines is 1. The van der Waals surface area contributed by atoms with Crippen LogP contribution in [0.15, 0.2) is 9.59 Å². The Balaban J connectivity index is 3.00. The summed E-state index contributed by atoms with van der Waals surface area (Å²) in [5, 5.41) is 10.1. The van der Waals surface area contributed by atoms with Gasteiger partial charge in [-0.25, -0.2) is 4.79 Å². The molecule has 0 amide bonds. The Morgan fingerprint density at radius 1 is 1.21 bits per heavy atom. The molecule has 0 aliphatic rings. The molecule has 0 fully saturated rings. The van der Waals surface area contributed by atoms with Crippen molar-refractivity contribution >= 4 is 0 Å². The maximum Gasteiger partial charge on any atom is 0.331 e. The van der Waals surface area contributed by atoms with Crippen LogP contribution in [-0.4, -0.2) is 14.7 Å². The van der Waals surface area contributed by atoms with Gasteiger partial charge in [-0.15, -0.1) is 0 Å². The first kappa shape index (κ1) is 15.5. The zero-order valence-corrected chi connectivity index (χ0v) is 12.2. The molecule has 0 aliphatic carbocycles. The summed E-state index contributed by atoms with van der Waals surface area (Å²) in [6, 6.07) is -0.117. The second-order valence-corrected chi connectivity index (χ2v) is 5.46. The van der Waals surface area contributed by atoms with Crippen molar-refractivity contribution < 1.29 is 5.11 Å². The molecule has 0 aliphatic heterocycles. The highest BCUT2D eigenvalue weighted by atomic mass is 16.3. The fourth-order valence-electron chi connectivity index (χ4n) is 2.25. The molecule has 0 saturated carbocycles. The van der Waals surface area contributed by atoms with Crippen LogP contribution in [0.1, 0.15) is 58.6 Å². The van der Waals surface area contributed by atoms with Gasteiger partial charge < -0.3 is 5.11 Å². The number of hydrogen-bond donors (Lipinski definition) is 2. The number of hydrogen-bond acceptors (Lipinski definition) is 3. The topological polar surface area (TPSA) is 75.1 Å². The van der Waals surface area contributed by atoms with Gasteiger partial charge in [-0.2, -0.15) is 0 Å². The van der Waals surface area contributed by atoms with Crippen LogP contribution in [-0.2, 0) is 6.42 Å². The molecule has 1 heterocycles. The number of aromatic hydroxyl groups is 1. The van der Waals surface area contributed by atoms with E-state index in [0.717, 1.165) is 19.3 Å². The average molecular weight is 268 g/mol. The molecule has 5 nitrogen and oxygen atoms in total. The third-order valence-corrected chi connectivity index (χ3v) is 3.41. The van der Waals surface area contributed by atoms with Crippen molar-refractivity contribution in [1.82, 2.24) is 9.55 Å². The van der Waals surface area contributed by atoms with E-state index in [2.05, 4.69) is 18.8 Å². The molecule has 1 aromatic rings. The lowest BCUT2D eigenvalue weighted by molar-refractivity contribution is 0.347. The molecule has 5 heteroatoms. The van der Waals surface area contributed by atoms with E-state index in [1.54, 1.807) is 6.92 Å². The molecule has 2 N–H and O–H groups in total. The van der Waals surface area contributed by atoms with Crippen LogP contribution < -0.4 is 11.2 Å². The van der Waals surface area contributed by atoms with Gasteiger partial charge in [0.1, 0.15) is 0 Å². The number of rotatable bonds is 6. The van der Waals surface area contributed by atoms with Gasteiger partial charge in [-0.1, -0.05) is 33.6 Å². The van der Waals surface area contributed by atoms with Crippen LogP contribution in [0.2, 0.25) is 0 Å². The molecule has 0 radical (unpaired) electrons. The van der Waals surface area contributed by atoms with Crippen LogP contribution in [0, 0.1) is 5.92 Å². The highest BCUT2D eigenvalue weighted by Gasteiger charge is 2.16. The zero-order valence-electron chi connectivity index (χ0n) is 12.2. The molecular weight excluding hydrogens is 244 g/mol. The minimum Gasteiger partial charge on any atom is -0.494 e. The molecule has 0 spiro atoms. The monoisotopic (exact) mass is 268 g/mol. The van der Waals surface area contributed by atoms with E-state index < -0.39 is 11.2 Å². The quantitative estimate of drug-likeness (QED) is 0.830. The van der Waals surface area contributed by atoms with Crippen molar-refractivity contribution in [3.8, 4) is 5.88 Å². The van der Waals surface area contributed by atoms with Crippen molar-refractivity contribution in [2.24, 2.45) is 5.92 Å². The van der Waals surface area contributed by atoms with Gasteiger partial charge in [0.2, 0.25) is 5.88 Å². The van der Waals surface area contributed by atoms with Crippen LogP contribution in [0.5, 0.6) is 5.88 Å². The Hall–Kier alpha value is -1.52. The zero-order chi connectivity index (χ0) is 14.6. The SMILES string of the molecule is CCc1c(O)n(C(C)CCCC(C)C)c(=O)[nH]c1=O. The first-order valence-corrected chi connectivity index (χ1v) is 6.95. The molecule has 0 bridgehead atoms. The molecule has 19 heavy (non-hydrogen) atoms.